The van der Waals surface area contributed by atoms with E-state index in [2.05, 4.69) is 10.5 Å². The maximum atomic E-state index is 12.3. The van der Waals surface area contributed by atoms with E-state index >= 15 is 0 Å². The normalized spacial score (nSPS) is 14.0. The van der Waals surface area contributed by atoms with Crippen molar-refractivity contribution in [1.82, 2.24) is 5.43 Å². The van der Waals surface area contributed by atoms with Crippen LogP contribution >= 0.6 is 0 Å². The van der Waals surface area contributed by atoms with Crippen molar-refractivity contribution < 1.29 is 19.1 Å². The molecule has 0 aromatic heterocycles. The van der Waals surface area contributed by atoms with Gasteiger partial charge >= 0.3 is 5.97 Å². The molecule has 0 aliphatic carbocycles. The molecule has 23 heavy (non-hydrogen) atoms. The zero-order valence-electron chi connectivity index (χ0n) is 13.3. The van der Waals surface area contributed by atoms with Gasteiger partial charge in [0.1, 0.15) is 5.71 Å². The van der Waals surface area contributed by atoms with Crippen LogP contribution in [-0.4, -0.2) is 30.0 Å². The van der Waals surface area contributed by atoms with Crippen LogP contribution in [0.3, 0.4) is 0 Å². The van der Waals surface area contributed by atoms with Crippen LogP contribution in [0.1, 0.15) is 48.2 Å². The number of benzene rings is 1. The van der Waals surface area contributed by atoms with Crippen molar-refractivity contribution in [1.29, 1.82) is 0 Å². The van der Waals surface area contributed by atoms with E-state index in [4.69, 9.17) is 4.74 Å². The highest BCUT2D eigenvalue weighted by molar-refractivity contribution is 6.37. The second-order valence-electron chi connectivity index (χ2n) is 5.29. The number of nitrogens with one attached hydrogen (secondary N) is 1. The molecule has 1 aliphatic heterocycles. The van der Waals surface area contributed by atoms with Crippen molar-refractivity contribution in [2.45, 2.75) is 39.5 Å². The Morgan fingerprint density at radius 2 is 2.00 bits per heavy atom. The fourth-order valence-electron chi connectivity index (χ4n) is 2.32. The van der Waals surface area contributed by atoms with Crippen LogP contribution in [0.5, 0.6) is 0 Å². The maximum absolute atomic E-state index is 12.3. The Hall–Kier alpha value is -2.50. The van der Waals surface area contributed by atoms with Gasteiger partial charge < -0.3 is 4.74 Å². The summed E-state index contributed by atoms with van der Waals surface area (Å²) < 4.78 is 5.04. The molecule has 0 saturated carbocycles. The van der Waals surface area contributed by atoms with Gasteiger partial charge in [0, 0.05) is 18.4 Å². The minimum Gasteiger partial charge on any atom is -0.453 e. The Bertz CT molecular complexity index is 665. The van der Waals surface area contributed by atoms with Gasteiger partial charge in [-0.2, -0.15) is 5.10 Å². The number of ketones is 1. The summed E-state index contributed by atoms with van der Waals surface area (Å²) in [6.07, 6.45) is 1.99. The van der Waals surface area contributed by atoms with Crippen molar-refractivity contribution >= 4 is 23.4 Å². The minimum absolute atomic E-state index is 0.135. The number of esters is 1. The lowest BCUT2D eigenvalue weighted by Gasteiger charge is -2.12. The second kappa shape index (κ2) is 7.67. The largest absolute Gasteiger partial charge is 0.453 e. The molecule has 1 aromatic rings. The number of aryl methyl sites for hydroxylation is 2. The number of Topliss-reactive ketones (excluding diaryl/α,β-unsaturated/α-hetero) is 1. The third kappa shape index (κ3) is 4.25. The maximum Gasteiger partial charge on any atom is 0.354 e. The first-order valence-corrected chi connectivity index (χ1v) is 7.72. The van der Waals surface area contributed by atoms with Crippen molar-refractivity contribution in [2.75, 3.05) is 6.61 Å². The van der Waals surface area contributed by atoms with Gasteiger partial charge in [-0.1, -0.05) is 26.0 Å². The predicted molar refractivity (Wildman–Crippen MR) is 85.3 cm³/mol. The number of amides is 1. The highest BCUT2D eigenvalue weighted by atomic mass is 16.5. The number of carbonyl (C=O) groups excluding carboxylic acids is 3. The number of carbonyl (C=O) groups is 3. The number of rotatable bonds is 6. The van der Waals surface area contributed by atoms with E-state index in [1.807, 2.05) is 32.0 Å². The molecule has 6 heteroatoms. The third-order valence-electron chi connectivity index (χ3n) is 3.74. The van der Waals surface area contributed by atoms with Crippen LogP contribution in [-0.2, 0) is 27.2 Å². The molecule has 1 heterocycles. The first-order valence-electron chi connectivity index (χ1n) is 7.72. The van der Waals surface area contributed by atoms with Gasteiger partial charge in [-0.15, -0.1) is 0 Å². The van der Waals surface area contributed by atoms with Crippen LogP contribution in [0.4, 0.5) is 0 Å². The first-order chi connectivity index (χ1) is 11.0. The lowest BCUT2D eigenvalue weighted by atomic mass is 9.98. The van der Waals surface area contributed by atoms with Crippen LogP contribution in [0, 0.1) is 0 Å². The number of hydrogen-bond acceptors (Lipinski definition) is 5. The van der Waals surface area contributed by atoms with Gasteiger partial charge in [-0.25, -0.2) is 10.2 Å². The molecule has 122 valence electrons. The Balaban J connectivity index is 2.02. The summed E-state index contributed by atoms with van der Waals surface area (Å²) in [7, 11) is 0. The van der Waals surface area contributed by atoms with E-state index in [9.17, 15) is 14.4 Å². The lowest BCUT2D eigenvalue weighted by molar-refractivity contribution is -0.134. The number of hydrogen-bond donors (Lipinski definition) is 1. The topological polar surface area (TPSA) is 84.8 Å². The fraction of sp³-hybridized carbons (Fsp3) is 0.412. The van der Waals surface area contributed by atoms with Gasteiger partial charge in [0.05, 0.1) is 0 Å². The Labute approximate surface area is 134 Å². The molecule has 1 aromatic carbocycles. The van der Waals surface area contributed by atoms with Crippen LogP contribution in [0.25, 0.3) is 0 Å². The zero-order chi connectivity index (χ0) is 16.8. The molecule has 0 radical (unpaired) electrons. The molecule has 6 nitrogen and oxygen atoms in total. The number of ether oxygens (including phenoxy) is 1. The molecule has 1 N–H and O–H groups in total. The van der Waals surface area contributed by atoms with Crippen molar-refractivity contribution in [3.8, 4) is 0 Å². The summed E-state index contributed by atoms with van der Waals surface area (Å²) in [5.41, 5.74) is 4.96. The van der Waals surface area contributed by atoms with Gasteiger partial charge in [0.15, 0.2) is 6.61 Å². The molecule has 1 aliphatic rings. The predicted octanol–water partition coefficient (Wildman–Crippen LogP) is 1.80. The van der Waals surface area contributed by atoms with E-state index in [-0.39, 0.29) is 36.9 Å². The van der Waals surface area contributed by atoms with E-state index in [0.717, 1.165) is 24.0 Å². The SMILES string of the molecule is CCc1ccc(CC)c(C(=O)COC(=O)C2=NNC(=O)CC2)c1. The molecule has 0 saturated heterocycles. The van der Waals surface area contributed by atoms with Gasteiger partial charge in [0.25, 0.3) is 0 Å². The van der Waals surface area contributed by atoms with E-state index in [1.54, 1.807) is 0 Å². The van der Waals surface area contributed by atoms with Gasteiger partial charge in [0.2, 0.25) is 11.7 Å². The van der Waals surface area contributed by atoms with Crippen molar-refractivity contribution in [3.63, 3.8) is 0 Å². The summed E-state index contributed by atoms with van der Waals surface area (Å²) in [5.74, 6) is -1.13. The average Bonchev–Trinajstić information content (AvgIpc) is 2.59. The first kappa shape index (κ1) is 16.9. The summed E-state index contributed by atoms with van der Waals surface area (Å²) in [6, 6.07) is 5.79. The van der Waals surface area contributed by atoms with Crippen molar-refractivity contribution in [3.05, 3.63) is 34.9 Å². The van der Waals surface area contributed by atoms with Crippen molar-refractivity contribution in [2.24, 2.45) is 5.10 Å². The van der Waals surface area contributed by atoms with Crippen LogP contribution in [0.15, 0.2) is 23.3 Å². The smallest absolute Gasteiger partial charge is 0.354 e. The molecule has 0 bridgehead atoms. The molecular weight excluding hydrogens is 296 g/mol. The van der Waals surface area contributed by atoms with Crippen LogP contribution in [0.2, 0.25) is 0 Å². The summed E-state index contributed by atoms with van der Waals surface area (Å²) in [6.45, 7) is 3.67. The third-order valence-corrected chi connectivity index (χ3v) is 3.74. The molecule has 0 unspecified atom stereocenters. The van der Waals surface area contributed by atoms with Crippen LogP contribution < -0.4 is 5.43 Å². The summed E-state index contributed by atoms with van der Waals surface area (Å²) in [5, 5.41) is 3.65. The Morgan fingerprint density at radius 3 is 2.61 bits per heavy atom. The number of nitrogens with zero attached hydrogens (tertiary/aromatic N) is 1. The highest BCUT2D eigenvalue weighted by Gasteiger charge is 2.21. The van der Waals surface area contributed by atoms with E-state index < -0.39 is 5.97 Å². The standard InChI is InChI=1S/C17H20N2O4/c1-3-11-5-6-12(4-2)13(9-11)15(20)10-23-17(22)14-7-8-16(21)19-18-14/h5-6,9H,3-4,7-8,10H2,1-2H3,(H,19,21). The molecular formula is C17H20N2O4. The summed E-state index contributed by atoms with van der Waals surface area (Å²) in [4.78, 5) is 35.2. The highest BCUT2D eigenvalue weighted by Crippen LogP contribution is 2.15. The van der Waals surface area contributed by atoms with Gasteiger partial charge in [-0.3, -0.25) is 9.59 Å². The molecule has 2 rings (SSSR count). The fourth-order valence-corrected chi connectivity index (χ4v) is 2.32. The summed E-state index contributed by atoms with van der Waals surface area (Å²) >= 11 is 0. The average molecular weight is 316 g/mol. The quantitative estimate of drug-likeness (QED) is 0.640. The second-order valence-corrected chi connectivity index (χ2v) is 5.29. The van der Waals surface area contributed by atoms with E-state index in [0.29, 0.717) is 5.56 Å². The lowest BCUT2D eigenvalue weighted by Crippen LogP contribution is -2.31. The Morgan fingerprint density at radius 1 is 1.22 bits per heavy atom. The minimum atomic E-state index is -0.664. The monoisotopic (exact) mass is 316 g/mol. The van der Waals surface area contributed by atoms with Gasteiger partial charge in [-0.05, 0) is 30.0 Å². The number of hydrazone groups is 1. The Kier molecular flexibility index (Phi) is 5.62. The van der Waals surface area contributed by atoms with E-state index in [1.165, 1.54) is 0 Å². The zero-order valence-corrected chi connectivity index (χ0v) is 13.3. The molecule has 0 atom stereocenters. The molecule has 0 spiro atoms. The molecule has 0 fully saturated rings. The molecule has 1 amide bonds.